The molecule has 0 saturated heterocycles. The normalized spacial score (nSPS) is 10.4. The number of anilines is 1. The van der Waals surface area contributed by atoms with Crippen molar-refractivity contribution in [1.29, 1.82) is 0 Å². The van der Waals surface area contributed by atoms with E-state index in [0.29, 0.717) is 0 Å². The van der Waals surface area contributed by atoms with Gasteiger partial charge in [-0.05, 0) is 6.92 Å². The summed E-state index contributed by atoms with van der Waals surface area (Å²) in [5.41, 5.74) is 0. The Labute approximate surface area is 90.0 Å². The molecule has 0 spiro atoms. The van der Waals surface area contributed by atoms with Crippen LogP contribution in [0.1, 0.15) is 10.0 Å². The van der Waals surface area contributed by atoms with Crippen molar-refractivity contribution in [3.63, 3.8) is 0 Å². The van der Waals surface area contributed by atoms with Crippen LogP contribution in [-0.4, -0.2) is 21.7 Å². The zero-order valence-corrected chi connectivity index (χ0v) is 9.36. The zero-order chi connectivity index (χ0) is 9.80. The van der Waals surface area contributed by atoms with Crippen LogP contribution in [0.4, 0.5) is 5.13 Å². The molecule has 2 heterocycles. The second kappa shape index (κ2) is 4.47. The number of nitrogens with zero attached hydrogens (tertiary/aromatic N) is 3. The minimum absolute atomic E-state index is 0.863. The molecule has 74 valence electrons. The van der Waals surface area contributed by atoms with Crippen molar-refractivity contribution in [2.45, 2.75) is 13.3 Å². The third-order valence-electron chi connectivity index (χ3n) is 1.62. The minimum atomic E-state index is 0.863. The van der Waals surface area contributed by atoms with Crippen LogP contribution >= 0.6 is 22.7 Å². The molecular weight excluding hydrogens is 216 g/mol. The van der Waals surface area contributed by atoms with Crippen LogP contribution in [0.25, 0.3) is 0 Å². The van der Waals surface area contributed by atoms with Gasteiger partial charge >= 0.3 is 0 Å². The van der Waals surface area contributed by atoms with E-state index >= 15 is 0 Å². The van der Waals surface area contributed by atoms with Gasteiger partial charge in [0.1, 0.15) is 5.01 Å². The van der Waals surface area contributed by atoms with Crippen LogP contribution in [0.2, 0.25) is 0 Å². The largest absolute Gasteiger partial charge is 0.360 e. The molecule has 0 bridgehead atoms. The quantitative estimate of drug-likeness (QED) is 0.866. The predicted molar refractivity (Wildman–Crippen MR) is 59.0 cm³/mol. The Balaban J connectivity index is 1.78. The molecule has 0 amide bonds. The summed E-state index contributed by atoms with van der Waals surface area (Å²) in [6.45, 7) is 2.81. The Kier molecular flexibility index (Phi) is 3.05. The standard InChI is InChI=1S/C8H10N4S2/c1-6-11-12-8(14-6)10-3-2-7-9-4-5-13-7/h4-5H,2-3H2,1H3,(H,10,12). The summed E-state index contributed by atoms with van der Waals surface area (Å²) in [5.74, 6) is 0. The lowest BCUT2D eigenvalue weighted by Crippen LogP contribution is -2.04. The van der Waals surface area contributed by atoms with Crippen molar-refractivity contribution in [1.82, 2.24) is 15.2 Å². The summed E-state index contributed by atoms with van der Waals surface area (Å²) in [5, 5.41) is 16.1. The Morgan fingerprint density at radius 3 is 3.00 bits per heavy atom. The van der Waals surface area contributed by atoms with E-state index in [0.717, 1.165) is 28.1 Å². The van der Waals surface area contributed by atoms with Crippen LogP contribution in [-0.2, 0) is 6.42 Å². The molecule has 0 aliphatic heterocycles. The molecule has 0 radical (unpaired) electrons. The molecule has 2 aromatic heterocycles. The van der Waals surface area contributed by atoms with Crippen molar-refractivity contribution < 1.29 is 0 Å². The number of rotatable bonds is 4. The van der Waals surface area contributed by atoms with E-state index in [1.165, 1.54) is 0 Å². The highest BCUT2D eigenvalue weighted by atomic mass is 32.1. The van der Waals surface area contributed by atoms with Gasteiger partial charge in [-0.3, -0.25) is 0 Å². The van der Waals surface area contributed by atoms with E-state index < -0.39 is 0 Å². The van der Waals surface area contributed by atoms with E-state index in [-0.39, 0.29) is 0 Å². The summed E-state index contributed by atoms with van der Waals surface area (Å²) in [4.78, 5) is 4.20. The number of hydrogen-bond donors (Lipinski definition) is 1. The van der Waals surface area contributed by atoms with E-state index in [4.69, 9.17) is 0 Å². The van der Waals surface area contributed by atoms with Gasteiger partial charge in [-0.15, -0.1) is 21.5 Å². The van der Waals surface area contributed by atoms with E-state index in [9.17, 15) is 0 Å². The number of hydrogen-bond acceptors (Lipinski definition) is 6. The first kappa shape index (κ1) is 9.54. The molecule has 0 aliphatic carbocycles. The van der Waals surface area contributed by atoms with Crippen LogP contribution in [0, 0.1) is 6.92 Å². The Hall–Kier alpha value is -1.01. The summed E-state index contributed by atoms with van der Waals surface area (Å²) in [6.07, 6.45) is 2.77. The number of thiazole rings is 1. The van der Waals surface area contributed by atoms with Crippen molar-refractivity contribution in [3.8, 4) is 0 Å². The van der Waals surface area contributed by atoms with Crippen molar-refractivity contribution in [3.05, 3.63) is 21.6 Å². The highest BCUT2D eigenvalue weighted by Gasteiger charge is 1.99. The maximum absolute atomic E-state index is 4.20. The topological polar surface area (TPSA) is 50.7 Å². The molecular formula is C8H10N4S2. The summed E-state index contributed by atoms with van der Waals surface area (Å²) >= 11 is 3.25. The van der Waals surface area contributed by atoms with Gasteiger partial charge in [0.2, 0.25) is 5.13 Å². The van der Waals surface area contributed by atoms with Gasteiger partial charge in [-0.2, -0.15) is 0 Å². The molecule has 0 atom stereocenters. The molecule has 0 aromatic carbocycles. The van der Waals surface area contributed by atoms with Gasteiger partial charge in [-0.1, -0.05) is 11.3 Å². The SMILES string of the molecule is Cc1nnc(NCCc2nccs2)s1. The molecule has 0 fully saturated rings. The predicted octanol–water partition coefficient (Wildman–Crippen LogP) is 1.96. The lowest BCUT2D eigenvalue weighted by atomic mass is 10.4. The average Bonchev–Trinajstić information content (AvgIpc) is 2.77. The Morgan fingerprint density at radius 2 is 2.36 bits per heavy atom. The van der Waals surface area contributed by atoms with Gasteiger partial charge in [0.15, 0.2) is 0 Å². The molecule has 1 N–H and O–H groups in total. The van der Waals surface area contributed by atoms with Gasteiger partial charge in [0, 0.05) is 24.5 Å². The third-order valence-corrected chi connectivity index (χ3v) is 3.26. The van der Waals surface area contributed by atoms with Gasteiger partial charge in [-0.25, -0.2) is 4.98 Å². The third kappa shape index (κ3) is 2.49. The first-order valence-electron chi connectivity index (χ1n) is 4.27. The fraction of sp³-hybridized carbons (Fsp3) is 0.375. The van der Waals surface area contributed by atoms with Crippen molar-refractivity contribution in [2.24, 2.45) is 0 Å². The Bertz CT molecular complexity index is 382. The highest BCUT2D eigenvalue weighted by molar-refractivity contribution is 7.15. The fourth-order valence-electron chi connectivity index (χ4n) is 1.02. The summed E-state index contributed by atoms with van der Waals surface area (Å²) in [7, 11) is 0. The van der Waals surface area contributed by atoms with Crippen LogP contribution in [0.5, 0.6) is 0 Å². The van der Waals surface area contributed by atoms with Gasteiger partial charge < -0.3 is 5.32 Å². The number of aryl methyl sites for hydroxylation is 1. The minimum Gasteiger partial charge on any atom is -0.360 e. The number of aromatic nitrogens is 3. The monoisotopic (exact) mass is 226 g/mol. The smallest absolute Gasteiger partial charge is 0.205 e. The van der Waals surface area contributed by atoms with E-state index in [2.05, 4.69) is 20.5 Å². The molecule has 2 aromatic rings. The van der Waals surface area contributed by atoms with E-state index in [1.807, 2.05) is 18.5 Å². The summed E-state index contributed by atoms with van der Waals surface area (Å²) < 4.78 is 0. The first-order valence-corrected chi connectivity index (χ1v) is 5.96. The van der Waals surface area contributed by atoms with Crippen molar-refractivity contribution >= 4 is 27.8 Å². The second-order valence-electron chi connectivity index (χ2n) is 2.73. The average molecular weight is 226 g/mol. The first-order chi connectivity index (χ1) is 6.84. The zero-order valence-electron chi connectivity index (χ0n) is 7.73. The maximum atomic E-state index is 4.20. The number of nitrogens with one attached hydrogen (secondary N) is 1. The van der Waals surface area contributed by atoms with Crippen molar-refractivity contribution in [2.75, 3.05) is 11.9 Å². The second-order valence-corrected chi connectivity index (χ2v) is 4.89. The maximum Gasteiger partial charge on any atom is 0.205 e. The fourth-order valence-corrected chi connectivity index (χ4v) is 2.26. The lowest BCUT2D eigenvalue weighted by molar-refractivity contribution is 0.974. The Morgan fingerprint density at radius 1 is 1.43 bits per heavy atom. The van der Waals surface area contributed by atoms with E-state index in [1.54, 1.807) is 22.7 Å². The molecule has 0 aliphatic rings. The van der Waals surface area contributed by atoms with Gasteiger partial charge in [0.05, 0.1) is 5.01 Å². The molecule has 0 saturated carbocycles. The van der Waals surface area contributed by atoms with Gasteiger partial charge in [0.25, 0.3) is 0 Å². The molecule has 6 heteroatoms. The van der Waals surface area contributed by atoms with Crippen LogP contribution < -0.4 is 5.32 Å². The molecule has 4 nitrogen and oxygen atoms in total. The molecule has 2 rings (SSSR count). The molecule has 0 unspecified atom stereocenters. The molecule has 14 heavy (non-hydrogen) atoms. The lowest BCUT2D eigenvalue weighted by Gasteiger charge is -1.97. The summed E-state index contributed by atoms with van der Waals surface area (Å²) in [6, 6.07) is 0. The highest BCUT2D eigenvalue weighted by Crippen LogP contribution is 2.13. The van der Waals surface area contributed by atoms with Crippen LogP contribution in [0.3, 0.4) is 0 Å². The van der Waals surface area contributed by atoms with Crippen LogP contribution in [0.15, 0.2) is 11.6 Å².